The topological polar surface area (TPSA) is 50.8 Å². The van der Waals surface area contributed by atoms with Gasteiger partial charge in [-0.15, -0.1) is 11.8 Å². The average Bonchev–Trinajstić information content (AvgIpc) is 3.36. The monoisotopic (exact) mass is 552 g/mol. The molecule has 2 aromatic rings. The Balaban J connectivity index is 1.24. The Kier molecular flexibility index (Phi) is 14.8. The Labute approximate surface area is 240 Å². The van der Waals surface area contributed by atoms with Gasteiger partial charge in [0.05, 0.1) is 12.5 Å². The van der Waals surface area contributed by atoms with Crippen LogP contribution in [0.5, 0.6) is 11.5 Å². The number of unbranched alkanes of at least 4 members (excludes halogenated alkanes) is 11. The predicted molar refractivity (Wildman–Crippen MR) is 165 cm³/mol. The third-order valence-electron chi connectivity index (χ3n) is 6.95. The van der Waals surface area contributed by atoms with Crippen molar-refractivity contribution in [3.8, 4) is 11.5 Å². The van der Waals surface area contributed by atoms with E-state index in [2.05, 4.69) is 36.3 Å². The van der Waals surface area contributed by atoms with Gasteiger partial charge >= 0.3 is 0 Å². The van der Waals surface area contributed by atoms with Gasteiger partial charge in [-0.2, -0.15) is 0 Å². The lowest BCUT2D eigenvalue weighted by molar-refractivity contribution is -0.118. The quantitative estimate of drug-likeness (QED) is 0.166. The van der Waals surface area contributed by atoms with Gasteiger partial charge in [0.25, 0.3) is 5.91 Å². The molecule has 1 heterocycles. The van der Waals surface area contributed by atoms with Crippen LogP contribution in [0, 0.1) is 0 Å². The van der Waals surface area contributed by atoms with Gasteiger partial charge in [-0.25, -0.2) is 0 Å². The molecule has 0 radical (unpaired) electrons. The molecule has 0 atom stereocenters. The molecular weight excluding hydrogens is 504 g/mol. The van der Waals surface area contributed by atoms with Crippen molar-refractivity contribution >= 4 is 23.4 Å². The van der Waals surface area contributed by atoms with Crippen LogP contribution in [0.2, 0.25) is 0 Å². The maximum Gasteiger partial charge on any atom is 0.262 e. The van der Waals surface area contributed by atoms with E-state index >= 15 is 0 Å². The lowest BCUT2D eigenvalue weighted by Crippen LogP contribution is -2.22. The average molecular weight is 553 g/mol. The molecule has 39 heavy (non-hydrogen) atoms. The number of ether oxygens (including phenoxy) is 2. The molecule has 6 heteroatoms. The first kappa shape index (κ1) is 30.9. The van der Waals surface area contributed by atoms with Gasteiger partial charge in [-0.1, -0.05) is 95.8 Å². The molecule has 2 aromatic carbocycles. The standard InChI is InChI=1S/C33H48N2O3S/c1-3-4-5-6-7-8-9-10-11-12-13-16-23-37-30-19-21-31(22-20-30)38-26-33(36)34-32-18-15-14-17-29(32)25-35-24-28(2)39-27-35/h14-15,17-22,24H,3-13,16,23,25-27H2,1-2H3,(H,34,36). The van der Waals surface area contributed by atoms with E-state index in [1.807, 2.05) is 54.2 Å². The smallest absolute Gasteiger partial charge is 0.262 e. The van der Waals surface area contributed by atoms with Crippen LogP contribution in [0.1, 0.15) is 96.5 Å². The summed E-state index contributed by atoms with van der Waals surface area (Å²) in [4.78, 5) is 16.1. The van der Waals surface area contributed by atoms with Crippen LogP contribution in [0.3, 0.4) is 0 Å². The number of amides is 1. The van der Waals surface area contributed by atoms with Crippen LogP contribution >= 0.6 is 11.8 Å². The SMILES string of the molecule is CCCCCCCCCCCCCCOc1ccc(OCC(=O)Nc2ccccc2CN2C=C(C)SC2)cc1. The fraction of sp³-hybridized carbons (Fsp3) is 0.545. The summed E-state index contributed by atoms with van der Waals surface area (Å²) in [6, 6.07) is 15.5. The zero-order valence-electron chi connectivity index (χ0n) is 24.1. The highest BCUT2D eigenvalue weighted by Gasteiger charge is 2.13. The third-order valence-corrected chi connectivity index (χ3v) is 7.97. The van der Waals surface area contributed by atoms with Gasteiger partial charge in [0.2, 0.25) is 0 Å². The van der Waals surface area contributed by atoms with Crippen molar-refractivity contribution in [2.75, 3.05) is 24.4 Å². The van der Waals surface area contributed by atoms with Crippen LogP contribution in [-0.4, -0.2) is 29.9 Å². The van der Waals surface area contributed by atoms with Crippen molar-refractivity contribution < 1.29 is 14.3 Å². The lowest BCUT2D eigenvalue weighted by Gasteiger charge is -2.18. The van der Waals surface area contributed by atoms with Gasteiger partial charge in [0.15, 0.2) is 6.61 Å². The number of hydrogen-bond donors (Lipinski definition) is 1. The molecule has 214 valence electrons. The Morgan fingerprint density at radius 3 is 2.03 bits per heavy atom. The van der Waals surface area contributed by atoms with Crippen LogP contribution in [-0.2, 0) is 11.3 Å². The molecule has 3 rings (SSSR count). The van der Waals surface area contributed by atoms with E-state index in [1.165, 1.54) is 75.5 Å². The second kappa shape index (κ2) is 18.6. The fourth-order valence-corrected chi connectivity index (χ4v) is 5.47. The summed E-state index contributed by atoms with van der Waals surface area (Å²) >= 11 is 1.83. The van der Waals surface area contributed by atoms with Crippen molar-refractivity contribution in [2.24, 2.45) is 0 Å². The molecule has 0 aliphatic carbocycles. The minimum Gasteiger partial charge on any atom is -0.494 e. The van der Waals surface area contributed by atoms with Crippen LogP contribution < -0.4 is 14.8 Å². The van der Waals surface area contributed by atoms with Crippen molar-refractivity contribution in [1.82, 2.24) is 4.90 Å². The highest BCUT2D eigenvalue weighted by atomic mass is 32.2. The van der Waals surface area contributed by atoms with Crippen molar-refractivity contribution in [3.63, 3.8) is 0 Å². The number of nitrogens with zero attached hydrogens (tertiary/aromatic N) is 1. The maximum absolute atomic E-state index is 12.6. The minimum absolute atomic E-state index is 0.0357. The molecule has 1 aliphatic heterocycles. The van der Waals surface area contributed by atoms with Gasteiger partial charge in [0.1, 0.15) is 11.5 Å². The highest BCUT2D eigenvalue weighted by Crippen LogP contribution is 2.27. The first-order chi connectivity index (χ1) is 19.1. The number of benzene rings is 2. The number of carbonyl (C=O) groups excluding carboxylic acids is 1. The minimum atomic E-state index is -0.169. The zero-order chi connectivity index (χ0) is 27.5. The van der Waals surface area contributed by atoms with Crippen LogP contribution in [0.15, 0.2) is 59.6 Å². The summed E-state index contributed by atoms with van der Waals surface area (Å²) in [6.45, 7) is 5.87. The molecule has 0 unspecified atom stereocenters. The summed E-state index contributed by atoms with van der Waals surface area (Å²) < 4.78 is 11.6. The van der Waals surface area contributed by atoms with E-state index in [9.17, 15) is 4.79 Å². The molecule has 0 saturated carbocycles. The number of anilines is 1. The molecular formula is C33H48N2O3S. The maximum atomic E-state index is 12.6. The first-order valence-corrected chi connectivity index (χ1v) is 15.9. The number of carbonyl (C=O) groups is 1. The van der Waals surface area contributed by atoms with E-state index in [4.69, 9.17) is 9.47 Å². The summed E-state index contributed by atoms with van der Waals surface area (Å²) in [5.74, 6) is 2.27. The predicted octanol–water partition coefficient (Wildman–Crippen LogP) is 9.15. The number of hydrogen-bond acceptors (Lipinski definition) is 5. The Hall–Kier alpha value is -2.60. The lowest BCUT2D eigenvalue weighted by atomic mass is 10.1. The molecule has 1 amide bonds. The summed E-state index contributed by atoms with van der Waals surface area (Å²) in [5.41, 5.74) is 1.92. The molecule has 0 saturated heterocycles. The third kappa shape index (κ3) is 12.9. The molecule has 5 nitrogen and oxygen atoms in total. The first-order valence-electron chi connectivity index (χ1n) is 14.9. The molecule has 0 aromatic heterocycles. The largest absolute Gasteiger partial charge is 0.494 e. The van der Waals surface area contributed by atoms with Crippen molar-refractivity contribution in [2.45, 2.75) is 97.4 Å². The zero-order valence-corrected chi connectivity index (χ0v) is 24.9. The van der Waals surface area contributed by atoms with E-state index in [-0.39, 0.29) is 12.5 Å². The van der Waals surface area contributed by atoms with Gasteiger partial charge in [-0.05, 0) is 54.1 Å². The molecule has 1 aliphatic rings. The van der Waals surface area contributed by atoms with Crippen LogP contribution in [0.4, 0.5) is 5.69 Å². The number of para-hydroxylation sites is 1. The number of rotatable bonds is 20. The number of allylic oxidation sites excluding steroid dienone is 1. The van der Waals surface area contributed by atoms with Crippen molar-refractivity contribution in [3.05, 3.63) is 65.2 Å². The highest BCUT2D eigenvalue weighted by molar-refractivity contribution is 8.03. The molecule has 0 bridgehead atoms. The number of nitrogens with one attached hydrogen (secondary N) is 1. The number of thioether (sulfide) groups is 1. The second-order valence-electron chi connectivity index (χ2n) is 10.5. The van der Waals surface area contributed by atoms with E-state index < -0.39 is 0 Å². The van der Waals surface area contributed by atoms with Gasteiger partial charge in [0, 0.05) is 18.4 Å². The Morgan fingerprint density at radius 1 is 0.821 bits per heavy atom. The summed E-state index contributed by atoms with van der Waals surface area (Å²) in [6.07, 6.45) is 18.2. The second-order valence-corrected chi connectivity index (χ2v) is 11.7. The molecule has 1 N–H and O–H groups in total. The van der Waals surface area contributed by atoms with E-state index in [0.717, 1.165) is 42.4 Å². The van der Waals surface area contributed by atoms with E-state index in [0.29, 0.717) is 5.75 Å². The Morgan fingerprint density at radius 2 is 1.41 bits per heavy atom. The van der Waals surface area contributed by atoms with Gasteiger partial charge < -0.3 is 19.7 Å². The molecule has 0 fully saturated rings. The van der Waals surface area contributed by atoms with Crippen LogP contribution in [0.25, 0.3) is 0 Å². The summed E-state index contributed by atoms with van der Waals surface area (Å²) in [7, 11) is 0. The van der Waals surface area contributed by atoms with E-state index in [1.54, 1.807) is 0 Å². The normalized spacial score (nSPS) is 12.9. The van der Waals surface area contributed by atoms with Gasteiger partial charge in [-0.3, -0.25) is 4.79 Å². The fourth-order valence-electron chi connectivity index (χ4n) is 4.71. The van der Waals surface area contributed by atoms with Crippen molar-refractivity contribution in [1.29, 1.82) is 0 Å². The summed E-state index contributed by atoms with van der Waals surface area (Å²) in [5, 5.41) is 3.00. The Bertz CT molecular complexity index is 993. The molecule has 0 spiro atoms.